The molecule has 0 fully saturated rings. The Hall–Kier alpha value is -1.72. The van der Waals surface area contributed by atoms with Crippen molar-refractivity contribution in [2.45, 2.75) is 45.6 Å². The van der Waals surface area contributed by atoms with E-state index in [-0.39, 0.29) is 0 Å². The van der Waals surface area contributed by atoms with E-state index in [1.807, 2.05) is 0 Å². The van der Waals surface area contributed by atoms with Gasteiger partial charge < -0.3 is 9.47 Å². The highest BCUT2D eigenvalue weighted by Crippen LogP contribution is 2.36. The largest absolute Gasteiger partial charge is 0.478 e. The third-order valence-electron chi connectivity index (χ3n) is 2.23. The van der Waals surface area contributed by atoms with E-state index < -0.39 is 35.2 Å². The van der Waals surface area contributed by atoms with Gasteiger partial charge in [0.25, 0.3) is 0 Å². The lowest BCUT2D eigenvalue weighted by molar-refractivity contribution is -0.163. The van der Waals surface area contributed by atoms with Gasteiger partial charge in [-0.2, -0.15) is 13.2 Å². The average Bonchev–Trinajstić information content (AvgIpc) is 2.25. The van der Waals surface area contributed by atoms with Crippen molar-refractivity contribution < 1.29 is 27.4 Å². The van der Waals surface area contributed by atoms with Crippen molar-refractivity contribution in [3.8, 4) is 5.75 Å². The van der Waals surface area contributed by atoms with Crippen molar-refractivity contribution in [3.05, 3.63) is 29.8 Å². The van der Waals surface area contributed by atoms with Crippen molar-refractivity contribution in [2.24, 2.45) is 0 Å². The Balaban J connectivity index is 2.86. The van der Waals surface area contributed by atoms with Crippen LogP contribution in [0.5, 0.6) is 5.75 Å². The van der Waals surface area contributed by atoms with Crippen molar-refractivity contribution >= 4 is 5.97 Å². The number of halogens is 3. The molecular formula is C14H17F3O3. The van der Waals surface area contributed by atoms with Crippen molar-refractivity contribution in [1.29, 1.82) is 0 Å². The first-order valence-corrected chi connectivity index (χ1v) is 6.06. The molecule has 6 heteroatoms. The second-order valence-corrected chi connectivity index (χ2v) is 5.29. The van der Waals surface area contributed by atoms with E-state index in [1.165, 1.54) is 25.1 Å². The molecule has 0 heterocycles. The van der Waals surface area contributed by atoms with Gasteiger partial charge in [0, 0.05) is 0 Å². The normalized spacial score (nSPS) is 13.8. The Morgan fingerprint density at radius 1 is 1.15 bits per heavy atom. The summed E-state index contributed by atoms with van der Waals surface area (Å²) in [5, 5.41) is 0. The SMILES string of the molecule is CC(Oc1ccccc1C(F)(F)F)C(=O)OC(C)(C)C. The maximum absolute atomic E-state index is 12.8. The molecule has 0 aromatic heterocycles. The zero-order chi connectivity index (χ0) is 15.6. The molecule has 0 radical (unpaired) electrons. The number of alkyl halides is 3. The summed E-state index contributed by atoms with van der Waals surface area (Å²) in [6.07, 6.45) is -5.66. The highest BCUT2D eigenvalue weighted by molar-refractivity contribution is 5.75. The van der Waals surface area contributed by atoms with Crippen LogP contribution in [0.4, 0.5) is 13.2 Å². The predicted molar refractivity (Wildman–Crippen MR) is 67.4 cm³/mol. The molecule has 0 aliphatic carbocycles. The van der Waals surface area contributed by atoms with Crippen LogP contribution in [-0.4, -0.2) is 17.7 Å². The summed E-state index contributed by atoms with van der Waals surface area (Å²) in [4.78, 5) is 11.7. The molecule has 0 aliphatic rings. The maximum Gasteiger partial charge on any atom is 0.419 e. The number of benzene rings is 1. The monoisotopic (exact) mass is 290 g/mol. The summed E-state index contributed by atoms with van der Waals surface area (Å²) in [6, 6.07) is 4.74. The molecule has 0 amide bonds. The van der Waals surface area contributed by atoms with E-state index in [2.05, 4.69) is 0 Å². The minimum atomic E-state index is -4.54. The summed E-state index contributed by atoms with van der Waals surface area (Å²) in [5.74, 6) is -1.10. The van der Waals surface area contributed by atoms with Gasteiger partial charge in [-0.15, -0.1) is 0 Å². The van der Waals surface area contributed by atoms with Crippen LogP contribution in [0.1, 0.15) is 33.3 Å². The Kier molecular flexibility index (Phi) is 4.68. The van der Waals surface area contributed by atoms with Crippen LogP contribution >= 0.6 is 0 Å². The minimum absolute atomic E-state index is 0.390. The number of carbonyl (C=O) groups is 1. The van der Waals surface area contributed by atoms with Crippen LogP contribution in [-0.2, 0) is 15.7 Å². The minimum Gasteiger partial charge on any atom is -0.478 e. The molecule has 20 heavy (non-hydrogen) atoms. The fourth-order valence-corrected chi connectivity index (χ4v) is 1.43. The van der Waals surface area contributed by atoms with Gasteiger partial charge >= 0.3 is 12.1 Å². The molecule has 1 rings (SSSR count). The number of hydrogen-bond acceptors (Lipinski definition) is 3. The van der Waals surface area contributed by atoms with Gasteiger partial charge in [0.1, 0.15) is 11.4 Å². The molecular weight excluding hydrogens is 273 g/mol. The van der Waals surface area contributed by atoms with Gasteiger partial charge in [0.2, 0.25) is 0 Å². The molecule has 1 aromatic rings. The van der Waals surface area contributed by atoms with Crippen molar-refractivity contribution in [1.82, 2.24) is 0 Å². The van der Waals surface area contributed by atoms with E-state index in [4.69, 9.17) is 9.47 Å². The molecule has 0 N–H and O–H groups in total. The van der Waals surface area contributed by atoms with Gasteiger partial charge in [-0.05, 0) is 39.8 Å². The first kappa shape index (κ1) is 16.3. The van der Waals surface area contributed by atoms with E-state index >= 15 is 0 Å². The Labute approximate surface area is 115 Å². The first-order chi connectivity index (χ1) is 9.00. The molecule has 0 aliphatic heterocycles. The van der Waals surface area contributed by atoms with Crippen LogP contribution in [0.15, 0.2) is 24.3 Å². The highest BCUT2D eigenvalue weighted by Gasteiger charge is 2.35. The average molecular weight is 290 g/mol. The van der Waals surface area contributed by atoms with Crippen LogP contribution in [0, 0.1) is 0 Å². The summed E-state index contributed by atoms with van der Waals surface area (Å²) < 4.78 is 48.5. The van der Waals surface area contributed by atoms with Gasteiger partial charge in [-0.1, -0.05) is 12.1 Å². The smallest absolute Gasteiger partial charge is 0.419 e. The molecule has 1 aromatic carbocycles. The number of rotatable bonds is 3. The lowest BCUT2D eigenvalue weighted by atomic mass is 10.2. The lowest BCUT2D eigenvalue weighted by Gasteiger charge is -2.23. The third kappa shape index (κ3) is 4.75. The lowest BCUT2D eigenvalue weighted by Crippen LogP contribution is -2.33. The Morgan fingerprint density at radius 2 is 1.70 bits per heavy atom. The Morgan fingerprint density at radius 3 is 2.20 bits per heavy atom. The quantitative estimate of drug-likeness (QED) is 0.794. The van der Waals surface area contributed by atoms with E-state index in [1.54, 1.807) is 20.8 Å². The fourth-order valence-electron chi connectivity index (χ4n) is 1.43. The van der Waals surface area contributed by atoms with Gasteiger partial charge in [-0.25, -0.2) is 4.79 Å². The molecule has 0 saturated heterocycles. The molecule has 0 bridgehead atoms. The number of carbonyl (C=O) groups excluding carboxylic acids is 1. The summed E-state index contributed by atoms with van der Waals surface area (Å²) in [7, 11) is 0. The molecule has 1 unspecified atom stereocenters. The predicted octanol–water partition coefficient (Wildman–Crippen LogP) is 3.81. The summed E-state index contributed by atoms with van der Waals surface area (Å²) in [6.45, 7) is 6.35. The topological polar surface area (TPSA) is 35.5 Å². The van der Waals surface area contributed by atoms with Crippen molar-refractivity contribution in [2.75, 3.05) is 0 Å². The highest BCUT2D eigenvalue weighted by atomic mass is 19.4. The number of esters is 1. The molecule has 3 nitrogen and oxygen atoms in total. The zero-order valence-electron chi connectivity index (χ0n) is 11.7. The van der Waals surface area contributed by atoms with E-state index in [0.29, 0.717) is 0 Å². The van der Waals surface area contributed by atoms with Crippen LogP contribution in [0.3, 0.4) is 0 Å². The van der Waals surface area contributed by atoms with Gasteiger partial charge in [0.15, 0.2) is 6.10 Å². The van der Waals surface area contributed by atoms with Gasteiger partial charge in [0.05, 0.1) is 5.56 Å². The van der Waals surface area contributed by atoms with E-state index in [0.717, 1.165) is 6.07 Å². The second kappa shape index (κ2) is 5.73. The first-order valence-electron chi connectivity index (χ1n) is 6.06. The fraction of sp³-hybridized carbons (Fsp3) is 0.500. The van der Waals surface area contributed by atoms with E-state index in [9.17, 15) is 18.0 Å². The third-order valence-corrected chi connectivity index (χ3v) is 2.23. The second-order valence-electron chi connectivity index (χ2n) is 5.29. The maximum atomic E-state index is 12.8. The number of ether oxygens (including phenoxy) is 2. The summed E-state index contributed by atoms with van der Waals surface area (Å²) in [5.41, 5.74) is -1.64. The molecule has 0 saturated carbocycles. The number of hydrogen-bond donors (Lipinski definition) is 0. The standard InChI is InChI=1S/C14H17F3O3/c1-9(12(18)20-13(2,3)4)19-11-8-6-5-7-10(11)14(15,16)17/h5-9H,1-4H3. The molecule has 0 spiro atoms. The molecule has 1 atom stereocenters. The van der Waals surface area contributed by atoms with Crippen molar-refractivity contribution in [3.63, 3.8) is 0 Å². The zero-order valence-corrected chi connectivity index (χ0v) is 11.7. The summed E-state index contributed by atoms with van der Waals surface area (Å²) >= 11 is 0. The molecule has 112 valence electrons. The van der Waals surface area contributed by atoms with Crippen LogP contribution in [0.2, 0.25) is 0 Å². The number of para-hydroxylation sites is 1. The van der Waals surface area contributed by atoms with Crippen LogP contribution < -0.4 is 4.74 Å². The Bertz CT molecular complexity index is 475. The van der Waals surface area contributed by atoms with Crippen LogP contribution in [0.25, 0.3) is 0 Å². The van der Waals surface area contributed by atoms with Gasteiger partial charge in [-0.3, -0.25) is 0 Å².